The topological polar surface area (TPSA) is 85.8 Å². The molecule has 2 rings (SSSR count). The first-order valence-electron chi connectivity index (χ1n) is 6.04. The van der Waals surface area contributed by atoms with Crippen LogP contribution >= 0.6 is 0 Å². The summed E-state index contributed by atoms with van der Waals surface area (Å²) in [6.07, 6.45) is 0. The molecule has 100 valence electrons. The predicted octanol–water partition coefficient (Wildman–Crippen LogP) is 1.68. The summed E-state index contributed by atoms with van der Waals surface area (Å²) < 4.78 is 1.60. The second-order valence-electron chi connectivity index (χ2n) is 4.40. The van der Waals surface area contributed by atoms with Crippen LogP contribution in [-0.4, -0.2) is 20.7 Å². The van der Waals surface area contributed by atoms with Gasteiger partial charge in [-0.25, -0.2) is 9.67 Å². The van der Waals surface area contributed by atoms with E-state index in [4.69, 9.17) is 5.73 Å². The van der Waals surface area contributed by atoms with E-state index in [2.05, 4.69) is 15.4 Å². The molecule has 1 aromatic carbocycles. The van der Waals surface area contributed by atoms with Crippen LogP contribution in [0.2, 0.25) is 0 Å². The van der Waals surface area contributed by atoms with Crippen molar-refractivity contribution in [1.29, 1.82) is 0 Å². The number of anilines is 2. The molecule has 2 aromatic rings. The Labute approximate surface area is 111 Å². The summed E-state index contributed by atoms with van der Waals surface area (Å²) in [5, 5.41) is 7.00. The molecule has 0 saturated carbocycles. The third-order valence-electron chi connectivity index (χ3n) is 2.87. The molecule has 0 fully saturated rings. The van der Waals surface area contributed by atoms with Crippen molar-refractivity contribution < 1.29 is 4.79 Å². The van der Waals surface area contributed by atoms with Gasteiger partial charge in [0.25, 0.3) is 0 Å². The summed E-state index contributed by atoms with van der Waals surface area (Å²) in [6, 6.07) is 6.70. The third-order valence-corrected chi connectivity index (χ3v) is 2.87. The average molecular weight is 259 g/mol. The van der Waals surface area contributed by atoms with E-state index in [-0.39, 0.29) is 5.91 Å². The molecule has 0 spiro atoms. The number of hydrogen-bond donors (Lipinski definition) is 2. The van der Waals surface area contributed by atoms with Gasteiger partial charge in [0.15, 0.2) is 0 Å². The molecule has 1 amide bonds. The van der Waals surface area contributed by atoms with Gasteiger partial charge in [-0.15, -0.1) is 0 Å². The highest BCUT2D eigenvalue weighted by Gasteiger charge is 2.19. The van der Waals surface area contributed by atoms with Crippen molar-refractivity contribution in [3.63, 3.8) is 0 Å². The fourth-order valence-corrected chi connectivity index (χ4v) is 1.86. The van der Waals surface area contributed by atoms with Gasteiger partial charge in [-0.3, -0.25) is 4.79 Å². The first-order chi connectivity index (χ1) is 8.99. The number of aryl methyl sites for hydroxylation is 2. The van der Waals surface area contributed by atoms with Gasteiger partial charge >= 0.3 is 0 Å². The number of carbonyl (C=O) groups is 1. The van der Waals surface area contributed by atoms with Crippen LogP contribution < -0.4 is 11.1 Å². The molecule has 0 aliphatic carbocycles. The van der Waals surface area contributed by atoms with Crippen molar-refractivity contribution in [3.05, 3.63) is 35.9 Å². The van der Waals surface area contributed by atoms with Crippen molar-refractivity contribution in [2.24, 2.45) is 0 Å². The lowest BCUT2D eigenvalue weighted by atomic mass is 10.2. The zero-order valence-corrected chi connectivity index (χ0v) is 11.2. The molecule has 0 radical (unpaired) electrons. The van der Waals surface area contributed by atoms with Gasteiger partial charge in [0, 0.05) is 0 Å². The van der Waals surface area contributed by atoms with Crippen LogP contribution in [0.3, 0.4) is 0 Å². The minimum atomic E-state index is -0.444. The van der Waals surface area contributed by atoms with Gasteiger partial charge in [-0.05, 0) is 32.9 Å². The number of nitrogens with zero attached hydrogens (tertiary/aromatic N) is 3. The Morgan fingerprint density at radius 3 is 2.63 bits per heavy atom. The Morgan fingerprint density at radius 2 is 2.05 bits per heavy atom. The Kier molecular flexibility index (Phi) is 3.50. The molecule has 3 N–H and O–H groups in total. The van der Waals surface area contributed by atoms with E-state index in [1.807, 2.05) is 19.1 Å². The minimum absolute atomic E-state index is 0.175. The monoisotopic (exact) mass is 259 g/mol. The second kappa shape index (κ2) is 5.09. The number of aromatic nitrogens is 3. The second-order valence-corrected chi connectivity index (χ2v) is 4.40. The van der Waals surface area contributed by atoms with Crippen molar-refractivity contribution in [3.8, 4) is 0 Å². The maximum absolute atomic E-state index is 12.2. The van der Waals surface area contributed by atoms with E-state index >= 15 is 0 Å². The highest BCUT2D eigenvalue weighted by molar-refractivity contribution is 5.96. The van der Waals surface area contributed by atoms with E-state index in [1.165, 1.54) is 0 Å². The Morgan fingerprint density at radius 1 is 1.37 bits per heavy atom. The van der Waals surface area contributed by atoms with Gasteiger partial charge in [0.1, 0.15) is 17.7 Å². The lowest BCUT2D eigenvalue weighted by molar-refractivity contribution is -0.119. The van der Waals surface area contributed by atoms with Crippen LogP contribution in [-0.2, 0) is 4.79 Å². The summed E-state index contributed by atoms with van der Waals surface area (Å²) in [4.78, 5) is 16.4. The smallest absolute Gasteiger partial charge is 0.249 e. The van der Waals surface area contributed by atoms with E-state index in [0.717, 1.165) is 0 Å². The van der Waals surface area contributed by atoms with E-state index in [1.54, 1.807) is 30.7 Å². The molecule has 0 aliphatic rings. The molecule has 1 unspecified atom stereocenters. The summed E-state index contributed by atoms with van der Waals surface area (Å²) in [5.41, 5.74) is 6.93. The highest BCUT2D eigenvalue weighted by Crippen LogP contribution is 2.19. The lowest BCUT2D eigenvalue weighted by Crippen LogP contribution is -2.25. The number of amides is 1. The maximum Gasteiger partial charge on any atom is 0.249 e. The van der Waals surface area contributed by atoms with E-state index in [9.17, 15) is 4.79 Å². The van der Waals surface area contributed by atoms with Crippen LogP contribution in [0.15, 0.2) is 24.3 Å². The van der Waals surface area contributed by atoms with E-state index in [0.29, 0.717) is 23.0 Å². The maximum atomic E-state index is 12.2. The summed E-state index contributed by atoms with van der Waals surface area (Å²) in [5.74, 6) is 1.18. The van der Waals surface area contributed by atoms with Crippen LogP contribution in [0.1, 0.15) is 24.6 Å². The Balaban J connectivity index is 2.17. The number of rotatable bonds is 3. The lowest BCUT2D eigenvalue weighted by Gasteiger charge is -2.14. The fraction of sp³-hybridized carbons (Fsp3) is 0.308. The van der Waals surface area contributed by atoms with Crippen molar-refractivity contribution in [2.75, 3.05) is 11.1 Å². The van der Waals surface area contributed by atoms with Gasteiger partial charge in [0.05, 0.1) is 11.4 Å². The molecule has 0 saturated heterocycles. The van der Waals surface area contributed by atoms with Gasteiger partial charge < -0.3 is 11.1 Å². The number of para-hydroxylation sites is 2. The number of nitrogens with one attached hydrogen (secondary N) is 1. The molecule has 1 heterocycles. The van der Waals surface area contributed by atoms with Crippen LogP contribution in [0.4, 0.5) is 11.4 Å². The quantitative estimate of drug-likeness (QED) is 0.821. The molecule has 1 atom stereocenters. The fourth-order valence-electron chi connectivity index (χ4n) is 1.86. The summed E-state index contributed by atoms with van der Waals surface area (Å²) in [7, 11) is 0. The number of nitrogen functional groups attached to an aromatic ring is 1. The first kappa shape index (κ1) is 13.1. The zero-order valence-electron chi connectivity index (χ0n) is 11.2. The normalized spacial score (nSPS) is 12.2. The molecular weight excluding hydrogens is 242 g/mol. The number of nitrogens with two attached hydrogens (primary N) is 1. The molecule has 0 aliphatic heterocycles. The van der Waals surface area contributed by atoms with E-state index < -0.39 is 6.04 Å². The van der Waals surface area contributed by atoms with Crippen LogP contribution in [0.25, 0.3) is 0 Å². The SMILES string of the molecule is Cc1nc(C)n(C(C)C(=O)Nc2ccccc2N)n1. The number of carbonyl (C=O) groups excluding carboxylic acids is 1. The third kappa shape index (κ3) is 2.73. The largest absolute Gasteiger partial charge is 0.397 e. The minimum Gasteiger partial charge on any atom is -0.397 e. The van der Waals surface area contributed by atoms with Crippen molar-refractivity contribution in [2.45, 2.75) is 26.8 Å². The molecular formula is C13H17N5O. The number of hydrogen-bond acceptors (Lipinski definition) is 4. The summed E-state index contributed by atoms with van der Waals surface area (Å²) >= 11 is 0. The molecule has 1 aromatic heterocycles. The predicted molar refractivity (Wildman–Crippen MR) is 73.7 cm³/mol. The Bertz CT molecular complexity index is 605. The van der Waals surface area contributed by atoms with Crippen molar-refractivity contribution in [1.82, 2.24) is 14.8 Å². The first-order valence-corrected chi connectivity index (χ1v) is 6.04. The highest BCUT2D eigenvalue weighted by atomic mass is 16.2. The molecule has 0 bridgehead atoms. The van der Waals surface area contributed by atoms with Gasteiger partial charge in [-0.1, -0.05) is 12.1 Å². The van der Waals surface area contributed by atoms with Crippen LogP contribution in [0.5, 0.6) is 0 Å². The molecule has 19 heavy (non-hydrogen) atoms. The van der Waals surface area contributed by atoms with Gasteiger partial charge in [-0.2, -0.15) is 5.10 Å². The standard InChI is InChI=1S/C13H17N5O/c1-8(18-10(3)15-9(2)17-18)13(19)16-12-7-5-4-6-11(12)14/h4-8H,14H2,1-3H3,(H,16,19). The van der Waals surface area contributed by atoms with Crippen molar-refractivity contribution >= 4 is 17.3 Å². The Hall–Kier alpha value is -2.37. The summed E-state index contributed by atoms with van der Waals surface area (Å²) in [6.45, 7) is 5.39. The molecule has 6 nitrogen and oxygen atoms in total. The van der Waals surface area contributed by atoms with Gasteiger partial charge in [0.2, 0.25) is 5.91 Å². The zero-order chi connectivity index (χ0) is 14.0. The average Bonchev–Trinajstić information content (AvgIpc) is 2.70. The van der Waals surface area contributed by atoms with Crippen LogP contribution in [0, 0.1) is 13.8 Å². The molecule has 6 heteroatoms. The number of benzene rings is 1.